The monoisotopic (exact) mass is 1070 g/mol. The summed E-state index contributed by atoms with van der Waals surface area (Å²) in [7, 11) is 1.37. The molecule has 0 amide bonds. The van der Waals surface area contributed by atoms with Crippen LogP contribution in [0.25, 0.3) is 0 Å². The second-order valence-corrected chi connectivity index (χ2v) is 21.7. The van der Waals surface area contributed by atoms with Crippen LogP contribution in [0.1, 0.15) is 134 Å². The van der Waals surface area contributed by atoms with E-state index in [0.29, 0.717) is 19.3 Å². The van der Waals surface area contributed by atoms with Crippen LogP contribution >= 0.6 is 0 Å². The van der Waals surface area contributed by atoms with Crippen molar-refractivity contribution in [1.82, 2.24) is 0 Å². The number of carbonyl (C=O) groups is 3. The Hall–Kier alpha value is -2.11. The summed E-state index contributed by atoms with van der Waals surface area (Å²) in [5, 5.41) is 124. The molecule has 22 unspecified atom stereocenters. The van der Waals surface area contributed by atoms with E-state index in [4.69, 9.17) is 42.6 Å². The number of rotatable bonds is 26. The van der Waals surface area contributed by atoms with Gasteiger partial charge in [-0.2, -0.15) is 0 Å². The zero-order chi connectivity index (χ0) is 56.2. The average molecular weight is 1070 g/mol. The Morgan fingerprint density at radius 3 is 1.62 bits per heavy atom. The van der Waals surface area contributed by atoms with Gasteiger partial charge in [0.15, 0.2) is 18.5 Å². The number of carboxylic acids is 2. The number of Topliss-reactive ketones (excluding diaryl/α,β-unsaturated/α-hetero) is 1. The van der Waals surface area contributed by atoms with Crippen LogP contribution in [-0.4, -0.2) is 233 Å². The SMILES string of the molecule is CCCC(C)(OC1C(=O)C(C(=O)O)OC(OC2C(CO)OC(C(CC)(CC)C(C)(C)OC3C(O)C(C(=O)O)OC(C(C)(CC)OC)C3O)C(O)C2O)C1O)C(C)(CC)C1OC(CO)C(OC(CC)CC)C(O)C1O. The molecule has 432 valence electrons. The van der Waals surface area contributed by atoms with E-state index in [-0.39, 0.29) is 38.2 Å². The lowest BCUT2D eigenvalue weighted by molar-refractivity contribution is -0.346. The highest BCUT2D eigenvalue weighted by Crippen LogP contribution is 2.52. The van der Waals surface area contributed by atoms with Gasteiger partial charge < -0.3 is 98.8 Å². The standard InChI is InChI=1S/C51H90O23/c1-14-21-50(12,48(10,17-4)41-29(56)27(54)35(25(22-52)68-41)67-24(15-2)16-3)74-38-32(59)40(45(64)65)72-46(34(38)61)71-36-26(23-53)69-43(30(57)28(36)55)51(19-6,20-7)47(8,9)73-37-31(58)39(44(62)63)70-42(33(37)60)49(11,18-5)66-13/h24-31,33-43,46,52-58,60-61H,14-23H2,1-13H3,(H,62,63)(H,64,65). The van der Waals surface area contributed by atoms with Crippen LogP contribution in [0.3, 0.4) is 0 Å². The fourth-order valence-corrected chi connectivity index (χ4v) is 12.1. The van der Waals surface area contributed by atoms with Gasteiger partial charge in [-0.05, 0) is 72.6 Å². The van der Waals surface area contributed by atoms with Crippen molar-refractivity contribution >= 4 is 17.7 Å². The number of aliphatic hydroxyl groups excluding tert-OH is 9. The molecule has 4 heterocycles. The first kappa shape index (κ1) is 64.4. The Labute approximate surface area is 434 Å². The smallest absolute Gasteiger partial charge is 0.340 e. The van der Waals surface area contributed by atoms with Gasteiger partial charge in [-0.15, -0.1) is 0 Å². The zero-order valence-electron chi connectivity index (χ0n) is 45.4. The molecule has 4 fully saturated rings. The van der Waals surface area contributed by atoms with Crippen LogP contribution in [0, 0.1) is 10.8 Å². The number of hydrogen-bond acceptors (Lipinski definition) is 21. The van der Waals surface area contributed by atoms with Crippen molar-refractivity contribution in [2.45, 2.75) is 274 Å². The van der Waals surface area contributed by atoms with Crippen molar-refractivity contribution in [2.24, 2.45) is 10.8 Å². The molecule has 23 nitrogen and oxygen atoms in total. The number of carbonyl (C=O) groups excluding carboxylic acids is 1. The lowest BCUT2D eigenvalue weighted by Gasteiger charge is -2.58. The van der Waals surface area contributed by atoms with Crippen molar-refractivity contribution in [2.75, 3.05) is 20.3 Å². The largest absolute Gasteiger partial charge is 0.479 e. The van der Waals surface area contributed by atoms with Crippen LogP contribution in [0.2, 0.25) is 0 Å². The quantitative estimate of drug-likeness (QED) is 0.0521. The molecule has 4 aliphatic heterocycles. The number of methoxy groups -OCH3 is 1. The molecule has 4 rings (SSSR count). The van der Waals surface area contributed by atoms with E-state index >= 15 is 0 Å². The molecule has 0 aromatic rings. The fraction of sp³-hybridized carbons (Fsp3) is 0.941. The highest BCUT2D eigenvalue weighted by atomic mass is 16.7. The van der Waals surface area contributed by atoms with Gasteiger partial charge >= 0.3 is 11.9 Å². The number of hydrogen-bond donors (Lipinski definition) is 11. The summed E-state index contributed by atoms with van der Waals surface area (Å²) >= 11 is 0. The molecule has 0 spiro atoms. The van der Waals surface area contributed by atoms with Crippen LogP contribution in [-0.2, 0) is 57.0 Å². The Bertz CT molecular complexity index is 1810. The summed E-state index contributed by atoms with van der Waals surface area (Å²) in [4.78, 5) is 39.3. The molecular formula is C51H90O23. The summed E-state index contributed by atoms with van der Waals surface area (Å²) in [5.41, 5.74) is -7.13. The first-order valence-corrected chi connectivity index (χ1v) is 26.4. The third-order valence-corrected chi connectivity index (χ3v) is 17.6. The van der Waals surface area contributed by atoms with E-state index in [1.165, 1.54) is 7.11 Å². The lowest BCUT2D eigenvalue weighted by atomic mass is 9.62. The number of ketones is 1. The van der Waals surface area contributed by atoms with E-state index in [1.54, 1.807) is 69.2 Å². The molecule has 11 N–H and O–H groups in total. The van der Waals surface area contributed by atoms with Crippen molar-refractivity contribution in [3.05, 3.63) is 0 Å². The Balaban J connectivity index is 1.69. The minimum Gasteiger partial charge on any atom is -0.479 e. The maximum atomic E-state index is 14.1. The molecule has 0 aromatic heterocycles. The molecule has 22 atom stereocenters. The average Bonchev–Trinajstić information content (AvgIpc) is 3.36. The first-order chi connectivity index (χ1) is 34.5. The Morgan fingerprint density at radius 1 is 0.608 bits per heavy atom. The molecule has 0 aromatic carbocycles. The predicted octanol–water partition coefficient (Wildman–Crippen LogP) is 0.367. The van der Waals surface area contributed by atoms with Gasteiger partial charge in [-0.25, -0.2) is 9.59 Å². The van der Waals surface area contributed by atoms with Crippen molar-refractivity contribution in [3.63, 3.8) is 0 Å². The van der Waals surface area contributed by atoms with Crippen LogP contribution in [0.5, 0.6) is 0 Å². The van der Waals surface area contributed by atoms with Crippen molar-refractivity contribution < 1.29 is 113 Å². The highest BCUT2D eigenvalue weighted by molar-refractivity contribution is 6.04. The summed E-state index contributed by atoms with van der Waals surface area (Å²) in [6, 6.07) is 0. The van der Waals surface area contributed by atoms with Crippen molar-refractivity contribution in [3.8, 4) is 0 Å². The molecule has 0 bridgehead atoms. The van der Waals surface area contributed by atoms with Crippen LogP contribution in [0.15, 0.2) is 0 Å². The third kappa shape index (κ3) is 11.9. The summed E-state index contributed by atoms with van der Waals surface area (Å²) in [5.74, 6) is -4.54. The molecule has 0 radical (unpaired) electrons. The Kier molecular flexibility index (Phi) is 22.4. The van der Waals surface area contributed by atoms with E-state index in [9.17, 15) is 70.6 Å². The van der Waals surface area contributed by atoms with Gasteiger partial charge in [0.1, 0.15) is 79.4 Å². The second-order valence-electron chi connectivity index (χ2n) is 21.7. The predicted molar refractivity (Wildman–Crippen MR) is 260 cm³/mol. The molecule has 0 saturated carbocycles. The molecule has 4 saturated heterocycles. The molecular weight excluding hydrogens is 981 g/mol. The summed E-state index contributed by atoms with van der Waals surface area (Å²) in [6.07, 6.45) is -30.3. The topological polar surface area (TPSA) is 357 Å². The van der Waals surface area contributed by atoms with E-state index in [1.807, 2.05) is 13.8 Å². The first-order valence-electron chi connectivity index (χ1n) is 26.4. The summed E-state index contributed by atoms with van der Waals surface area (Å²) in [6.45, 7) is 19.1. The van der Waals surface area contributed by atoms with Gasteiger partial charge in [0.25, 0.3) is 0 Å². The van der Waals surface area contributed by atoms with Gasteiger partial charge in [-0.1, -0.05) is 61.8 Å². The minimum atomic E-state index is -2.32. The van der Waals surface area contributed by atoms with E-state index in [0.717, 1.165) is 0 Å². The number of aliphatic hydroxyl groups is 9. The van der Waals surface area contributed by atoms with Gasteiger partial charge in [0, 0.05) is 17.9 Å². The maximum Gasteiger partial charge on any atom is 0.340 e. The van der Waals surface area contributed by atoms with Crippen LogP contribution in [0.4, 0.5) is 0 Å². The molecule has 23 heteroatoms. The van der Waals surface area contributed by atoms with Crippen molar-refractivity contribution in [1.29, 1.82) is 0 Å². The zero-order valence-corrected chi connectivity index (χ0v) is 45.4. The number of aliphatic carboxylic acids is 2. The van der Waals surface area contributed by atoms with Gasteiger partial charge in [-0.3, -0.25) is 4.79 Å². The van der Waals surface area contributed by atoms with Gasteiger partial charge in [0.2, 0.25) is 11.9 Å². The third-order valence-electron chi connectivity index (χ3n) is 17.6. The highest BCUT2D eigenvalue weighted by Gasteiger charge is 2.64. The lowest BCUT2D eigenvalue weighted by Crippen LogP contribution is -2.71. The fourth-order valence-electron chi connectivity index (χ4n) is 12.1. The minimum absolute atomic E-state index is 0.114. The molecule has 0 aliphatic carbocycles. The summed E-state index contributed by atoms with van der Waals surface area (Å²) < 4.78 is 55.2. The molecule has 74 heavy (non-hydrogen) atoms. The normalized spacial score (nSPS) is 39.0. The molecule has 4 aliphatic rings. The Morgan fingerprint density at radius 2 is 1.15 bits per heavy atom. The van der Waals surface area contributed by atoms with Crippen LogP contribution < -0.4 is 0 Å². The van der Waals surface area contributed by atoms with Gasteiger partial charge in [0.05, 0.1) is 48.3 Å². The van der Waals surface area contributed by atoms with E-state index in [2.05, 4.69) is 0 Å². The second kappa shape index (κ2) is 25.8. The number of ether oxygens (including phenoxy) is 9. The number of carboxylic acid groups (broad SMARTS) is 2. The maximum absolute atomic E-state index is 14.1. The van der Waals surface area contributed by atoms with E-state index < -0.39 is 175 Å².